The minimum atomic E-state index is -0.735. The summed E-state index contributed by atoms with van der Waals surface area (Å²) in [5.41, 5.74) is 1.20. The number of hydrogen-bond acceptors (Lipinski definition) is 3. The quantitative estimate of drug-likeness (QED) is 0.809. The molecule has 0 fully saturated rings. The number of benzene rings is 1. The van der Waals surface area contributed by atoms with E-state index in [2.05, 4.69) is 27.6 Å². The molecule has 1 aromatic heterocycles. The Bertz CT molecular complexity index is 619. The number of carbonyl (C=O) groups is 1. The smallest absolute Gasteiger partial charge is 0.273 e. The Morgan fingerprint density at radius 3 is 2.52 bits per heavy atom. The maximum absolute atomic E-state index is 12.5. The molecule has 1 amide bonds. The highest BCUT2D eigenvalue weighted by Crippen LogP contribution is 2.21. The summed E-state index contributed by atoms with van der Waals surface area (Å²) in [7, 11) is 1.68. The third kappa shape index (κ3) is 3.59. The second-order valence-electron chi connectivity index (χ2n) is 4.85. The van der Waals surface area contributed by atoms with Crippen LogP contribution in [-0.2, 0) is 0 Å². The van der Waals surface area contributed by atoms with Gasteiger partial charge in [-0.3, -0.25) is 4.79 Å². The maximum Gasteiger partial charge on any atom is 0.273 e. The van der Waals surface area contributed by atoms with E-state index in [0.29, 0.717) is 5.69 Å². The average molecular weight is 396 g/mol. The number of amides is 1. The van der Waals surface area contributed by atoms with Crippen LogP contribution in [0.15, 0.2) is 48.7 Å². The van der Waals surface area contributed by atoms with Crippen molar-refractivity contribution in [2.45, 2.75) is 19.1 Å². The first kappa shape index (κ1) is 15.9. The van der Waals surface area contributed by atoms with Crippen molar-refractivity contribution in [2.24, 2.45) is 0 Å². The zero-order valence-electron chi connectivity index (χ0n) is 11.9. The van der Waals surface area contributed by atoms with Crippen LogP contribution in [0.25, 0.3) is 0 Å². The van der Waals surface area contributed by atoms with Crippen molar-refractivity contribution in [1.82, 2.24) is 9.88 Å². The van der Waals surface area contributed by atoms with Gasteiger partial charge in [-0.15, -0.1) is 0 Å². The molecule has 0 saturated carbocycles. The molecule has 110 valence electrons. The van der Waals surface area contributed by atoms with Gasteiger partial charge in [0.25, 0.3) is 5.91 Å². The Morgan fingerprint density at radius 2 is 1.90 bits per heavy atom. The van der Waals surface area contributed by atoms with Gasteiger partial charge < -0.3 is 10.0 Å². The Hall–Kier alpha value is -1.47. The number of halogens is 1. The SMILES string of the molecule is CC(C(O)c1ccccc1)N(C)C(=O)c1ncccc1I. The number of carbonyl (C=O) groups excluding carboxylic acids is 1. The lowest BCUT2D eigenvalue weighted by atomic mass is 10.0. The molecule has 1 heterocycles. The van der Waals surface area contributed by atoms with Crippen molar-refractivity contribution >= 4 is 28.5 Å². The molecular weight excluding hydrogens is 379 g/mol. The molecule has 0 aliphatic rings. The second-order valence-corrected chi connectivity index (χ2v) is 6.01. The van der Waals surface area contributed by atoms with E-state index in [4.69, 9.17) is 0 Å². The zero-order valence-corrected chi connectivity index (χ0v) is 14.1. The molecule has 0 bridgehead atoms. The minimum absolute atomic E-state index is 0.192. The predicted octanol–water partition coefficient (Wildman–Crippen LogP) is 2.88. The minimum Gasteiger partial charge on any atom is -0.386 e. The monoisotopic (exact) mass is 396 g/mol. The van der Waals surface area contributed by atoms with Gasteiger partial charge in [0, 0.05) is 16.8 Å². The lowest BCUT2D eigenvalue weighted by molar-refractivity contribution is 0.0481. The van der Waals surface area contributed by atoms with Gasteiger partial charge >= 0.3 is 0 Å². The number of hydrogen-bond donors (Lipinski definition) is 1. The number of aliphatic hydroxyl groups is 1. The zero-order chi connectivity index (χ0) is 15.4. The van der Waals surface area contributed by atoms with E-state index < -0.39 is 6.10 Å². The van der Waals surface area contributed by atoms with E-state index in [0.717, 1.165) is 9.13 Å². The highest BCUT2D eigenvalue weighted by molar-refractivity contribution is 14.1. The van der Waals surface area contributed by atoms with E-state index in [1.165, 1.54) is 4.90 Å². The molecule has 1 N–H and O–H groups in total. The van der Waals surface area contributed by atoms with Crippen LogP contribution in [0.1, 0.15) is 29.1 Å². The summed E-state index contributed by atoms with van der Waals surface area (Å²) >= 11 is 2.09. The van der Waals surface area contributed by atoms with Crippen LogP contribution < -0.4 is 0 Å². The van der Waals surface area contributed by atoms with Crippen LogP contribution in [0.4, 0.5) is 0 Å². The van der Waals surface area contributed by atoms with Crippen LogP contribution in [0.2, 0.25) is 0 Å². The van der Waals surface area contributed by atoms with E-state index >= 15 is 0 Å². The predicted molar refractivity (Wildman–Crippen MR) is 89.9 cm³/mol. The fraction of sp³-hybridized carbons (Fsp3) is 0.250. The van der Waals surface area contributed by atoms with E-state index in [1.807, 2.05) is 43.3 Å². The van der Waals surface area contributed by atoms with Gasteiger partial charge in [-0.1, -0.05) is 30.3 Å². The molecule has 2 atom stereocenters. The van der Waals surface area contributed by atoms with Gasteiger partial charge in [0.2, 0.25) is 0 Å². The molecule has 0 radical (unpaired) electrons. The molecule has 4 nitrogen and oxygen atoms in total. The van der Waals surface area contributed by atoms with E-state index in [9.17, 15) is 9.90 Å². The van der Waals surface area contributed by atoms with Crippen molar-refractivity contribution in [2.75, 3.05) is 7.05 Å². The number of nitrogens with zero attached hydrogens (tertiary/aromatic N) is 2. The summed E-state index contributed by atoms with van der Waals surface area (Å²) in [6, 6.07) is 12.6. The largest absolute Gasteiger partial charge is 0.386 e. The van der Waals surface area contributed by atoms with Crippen molar-refractivity contribution in [3.05, 3.63) is 63.5 Å². The van der Waals surface area contributed by atoms with Gasteiger partial charge in [0.15, 0.2) is 0 Å². The Balaban J connectivity index is 2.18. The molecule has 2 aromatic rings. The molecule has 2 rings (SSSR count). The summed E-state index contributed by atoms with van der Waals surface area (Å²) in [6.45, 7) is 1.82. The second kappa shape index (κ2) is 7.00. The third-order valence-corrected chi connectivity index (χ3v) is 4.36. The Labute approximate surface area is 138 Å². The number of rotatable bonds is 4. The van der Waals surface area contributed by atoms with Gasteiger partial charge in [0.1, 0.15) is 5.69 Å². The fourth-order valence-electron chi connectivity index (χ4n) is 2.04. The lowest BCUT2D eigenvalue weighted by Crippen LogP contribution is -2.39. The first-order valence-corrected chi connectivity index (χ1v) is 7.71. The number of likely N-dealkylation sites (N-methyl/N-ethyl adjacent to an activating group) is 1. The molecule has 0 aliphatic carbocycles. The summed E-state index contributed by atoms with van der Waals surface area (Å²) in [5.74, 6) is -0.192. The average Bonchev–Trinajstić information content (AvgIpc) is 2.53. The normalized spacial score (nSPS) is 13.5. The molecule has 2 unspecified atom stereocenters. The van der Waals surface area contributed by atoms with Crippen LogP contribution in [0, 0.1) is 3.57 Å². The van der Waals surface area contributed by atoms with Crippen LogP contribution in [0.5, 0.6) is 0 Å². The van der Waals surface area contributed by atoms with Crippen molar-refractivity contribution in [3.8, 4) is 0 Å². The van der Waals surface area contributed by atoms with Crippen molar-refractivity contribution < 1.29 is 9.90 Å². The highest BCUT2D eigenvalue weighted by atomic mass is 127. The lowest BCUT2D eigenvalue weighted by Gasteiger charge is -2.29. The molecular formula is C16H17IN2O2. The molecule has 21 heavy (non-hydrogen) atoms. The summed E-state index contributed by atoms with van der Waals surface area (Å²) < 4.78 is 0.799. The van der Waals surface area contributed by atoms with Crippen LogP contribution >= 0.6 is 22.6 Å². The molecule has 1 aromatic carbocycles. The molecule has 5 heteroatoms. The maximum atomic E-state index is 12.5. The first-order chi connectivity index (χ1) is 10.0. The van der Waals surface area contributed by atoms with Crippen LogP contribution in [-0.4, -0.2) is 34.0 Å². The molecule has 0 aliphatic heterocycles. The Morgan fingerprint density at radius 1 is 1.24 bits per heavy atom. The van der Waals surface area contributed by atoms with Gasteiger partial charge in [-0.25, -0.2) is 4.98 Å². The van der Waals surface area contributed by atoms with Crippen molar-refractivity contribution in [1.29, 1.82) is 0 Å². The standard InChI is InChI=1S/C16H17IN2O2/c1-11(15(20)12-7-4-3-5-8-12)19(2)16(21)14-13(17)9-6-10-18-14/h3-11,15,20H,1-2H3. The number of aromatic nitrogens is 1. The number of pyridine rings is 1. The fourth-order valence-corrected chi connectivity index (χ4v) is 2.61. The van der Waals surface area contributed by atoms with Gasteiger partial charge in [0.05, 0.1) is 12.1 Å². The van der Waals surface area contributed by atoms with E-state index in [-0.39, 0.29) is 11.9 Å². The molecule has 0 saturated heterocycles. The van der Waals surface area contributed by atoms with Crippen LogP contribution in [0.3, 0.4) is 0 Å². The topological polar surface area (TPSA) is 53.4 Å². The third-order valence-electron chi connectivity index (χ3n) is 3.49. The highest BCUT2D eigenvalue weighted by Gasteiger charge is 2.26. The van der Waals surface area contributed by atoms with Gasteiger partial charge in [-0.2, -0.15) is 0 Å². The van der Waals surface area contributed by atoms with E-state index in [1.54, 1.807) is 19.3 Å². The first-order valence-electron chi connectivity index (χ1n) is 6.63. The number of aliphatic hydroxyl groups excluding tert-OH is 1. The van der Waals surface area contributed by atoms with Gasteiger partial charge in [-0.05, 0) is 47.2 Å². The summed E-state index contributed by atoms with van der Waals surface area (Å²) in [4.78, 5) is 18.2. The molecule has 0 spiro atoms. The Kier molecular flexibility index (Phi) is 5.30. The summed E-state index contributed by atoms with van der Waals surface area (Å²) in [6.07, 6.45) is 0.864. The van der Waals surface area contributed by atoms with Crippen molar-refractivity contribution in [3.63, 3.8) is 0 Å². The summed E-state index contributed by atoms with van der Waals surface area (Å²) in [5, 5.41) is 10.4.